The maximum absolute atomic E-state index is 10.8. The molecular formula is C19H25NO. The molecule has 2 fully saturated rings. The van der Waals surface area contributed by atoms with E-state index in [1.165, 1.54) is 37.7 Å². The van der Waals surface area contributed by atoms with Crippen LogP contribution in [-0.2, 0) is 0 Å². The second kappa shape index (κ2) is 6.20. The van der Waals surface area contributed by atoms with Gasteiger partial charge in [-0.25, -0.2) is 0 Å². The fraction of sp³-hybridized carbons (Fsp3) is 0.632. The Hall–Kier alpha value is -1.33. The molecule has 1 aromatic carbocycles. The molecule has 0 aromatic heterocycles. The summed E-state index contributed by atoms with van der Waals surface area (Å²) >= 11 is 0. The molecular weight excluding hydrogens is 258 g/mol. The third-order valence-corrected chi connectivity index (χ3v) is 5.29. The van der Waals surface area contributed by atoms with Crippen molar-refractivity contribution in [3.05, 3.63) is 35.4 Å². The lowest BCUT2D eigenvalue weighted by Crippen LogP contribution is -2.28. The zero-order valence-corrected chi connectivity index (χ0v) is 12.7. The van der Waals surface area contributed by atoms with E-state index in [4.69, 9.17) is 0 Å². The van der Waals surface area contributed by atoms with Gasteiger partial charge >= 0.3 is 0 Å². The molecule has 1 atom stereocenters. The van der Waals surface area contributed by atoms with Gasteiger partial charge in [0.05, 0.1) is 17.6 Å². The summed E-state index contributed by atoms with van der Waals surface area (Å²) in [6.07, 6.45) is 9.38. The van der Waals surface area contributed by atoms with Crippen LogP contribution in [0.3, 0.4) is 0 Å². The molecule has 0 spiro atoms. The van der Waals surface area contributed by atoms with E-state index in [1.54, 1.807) is 0 Å². The van der Waals surface area contributed by atoms with E-state index in [0.29, 0.717) is 0 Å². The summed E-state index contributed by atoms with van der Waals surface area (Å²) in [5.74, 6) is 0.738. The third-order valence-electron chi connectivity index (χ3n) is 5.29. The summed E-state index contributed by atoms with van der Waals surface area (Å²) in [5.41, 5.74) is 1.72. The zero-order valence-electron chi connectivity index (χ0n) is 12.7. The number of nitriles is 1. The molecule has 21 heavy (non-hydrogen) atoms. The summed E-state index contributed by atoms with van der Waals surface area (Å²) in [6.45, 7) is 0. The molecule has 0 heterocycles. The lowest BCUT2D eigenvalue weighted by Gasteiger charge is -2.33. The summed E-state index contributed by atoms with van der Waals surface area (Å²) in [5, 5.41) is 20.6. The highest BCUT2D eigenvalue weighted by Crippen LogP contribution is 2.45. The van der Waals surface area contributed by atoms with E-state index in [-0.39, 0.29) is 0 Å². The van der Waals surface area contributed by atoms with Crippen molar-refractivity contribution < 1.29 is 5.11 Å². The molecule has 2 aliphatic rings. The number of aliphatic hydroxyl groups is 1. The van der Waals surface area contributed by atoms with Gasteiger partial charge in [-0.15, -0.1) is 0 Å². The average Bonchev–Trinajstić information content (AvgIpc) is 3.32. The third kappa shape index (κ3) is 3.14. The molecule has 2 saturated carbocycles. The fourth-order valence-corrected chi connectivity index (χ4v) is 3.67. The molecule has 112 valence electrons. The first kappa shape index (κ1) is 14.6. The largest absolute Gasteiger partial charge is 0.387 e. The number of benzene rings is 1. The molecule has 1 unspecified atom stereocenters. The zero-order chi connectivity index (χ0) is 14.7. The van der Waals surface area contributed by atoms with E-state index in [2.05, 4.69) is 18.2 Å². The van der Waals surface area contributed by atoms with Crippen molar-refractivity contribution in [2.75, 3.05) is 0 Å². The Labute approximate surface area is 127 Å². The van der Waals surface area contributed by atoms with Gasteiger partial charge in [-0.2, -0.15) is 5.26 Å². The van der Waals surface area contributed by atoms with Crippen molar-refractivity contribution in [1.82, 2.24) is 0 Å². The van der Waals surface area contributed by atoms with Crippen molar-refractivity contribution in [1.29, 1.82) is 5.26 Å². The molecule has 1 N–H and O–H groups in total. The summed E-state index contributed by atoms with van der Waals surface area (Å²) in [4.78, 5) is 0. The molecule has 0 aliphatic heterocycles. The number of rotatable bonds is 3. The van der Waals surface area contributed by atoms with E-state index in [0.717, 1.165) is 37.2 Å². The second-order valence-electron chi connectivity index (χ2n) is 6.88. The summed E-state index contributed by atoms with van der Waals surface area (Å²) < 4.78 is 0. The number of aliphatic hydroxyl groups excluding tert-OH is 1. The highest BCUT2D eigenvalue weighted by molar-refractivity contribution is 5.31. The van der Waals surface area contributed by atoms with Gasteiger partial charge in [-0.05, 0) is 42.7 Å². The van der Waals surface area contributed by atoms with Crippen LogP contribution in [0.2, 0.25) is 0 Å². The highest BCUT2D eigenvalue weighted by atomic mass is 16.3. The van der Waals surface area contributed by atoms with Crippen LogP contribution in [0.25, 0.3) is 0 Å². The topological polar surface area (TPSA) is 44.0 Å². The Bertz CT molecular complexity index is 501. The smallest absolute Gasteiger partial charge is 0.0976 e. The van der Waals surface area contributed by atoms with E-state index in [1.807, 2.05) is 12.1 Å². The van der Waals surface area contributed by atoms with Crippen molar-refractivity contribution in [2.24, 2.45) is 5.41 Å². The van der Waals surface area contributed by atoms with Crippen LogP contribution in [0.1, 0.15) is 80.9 Å². The van der Waals surface area contributed by atoms with Crippen LogP contribution in [0.5, 0.6) is 0 Å². The Morgan fingerprint density at radius 2 is 1.57 bits per heavy atom. The van der Waals surface area contributed by atoms with Gasteiger partial charge in [-0.1, -0.05) is 56.4 Å². The summed E-state index contributed by atoms with van der Waals surface area (Å²) in [7, 11) is 0. The van der Waals surface area contributed by atoms with Gasteiger partial charge in [0.15, 0.2) is 0 Å². The first-order chi connectivity index (χ1) is 10.2. The van der Waals surface area contributed by atoms with Gasteiger partial charge in [0.25, 0.3) is 0 Å². The Kier molecular flexibility index (Phi) is 4.31. The molecule has 2 nitrogen and oxygen atoms in total. The summed E-state index contributed by atoms with van der Waals surface area (Å²) in [6, 6.07) is 10.8. The van der Waals surface area contributed by atoms with Crippen molar-refractivity contribution >= 4 is 0 Å². The van der Waals surface area contributed by atoms with Crippen LogP contribution in [-0.4, -0.2) is 5.11 Å². The molecule has 2 heteroatoms. The molecule has 0 radical (unpaired) electrons. The predicted molar refractivity (Wildman–Crippen MR) is 83.7 cm³/mol. The minimum absolute atomic E-state index is 0.582. The standard InChI is InChI=1S/C19H25NO/c20-14-19(12-4-2-1-3-5-13-19)18(21)17-10-8-16(9-11-17)15-6-7-15/h8-11,15,18,21H,1-7,12-13H2. The van der Waals surface area contributed by atoms with E-state index < -0.39 is 11.5 Å². The van der Waals surface area contributed by atoms with Crippen LogP contribution < -0.4 is 0 Å². The molecule has 1 aromatic rings. The Morgan fingerprint density at radius 1 is 1.00 bits per heavy atom. The van der Waals surface area contributed by atoms with Crippen LogP contribution in [0, 0.1) is 16.7 Å². The normalized spacial score (nSPS) is 23.6. The first-order valence-electron chi connectivity index (χ1n) is 8.44. The van der Waals surface area contributed by atoms with Gasteiger partial charge < -0.3 is 5.11 Å². The molecule has 0 bridgehead atoms. The number of hydrogen-bond donors (Lipinski definition) is 1. The molecule has 0 amide bonds. The minimum Gasteiger partial charge on any atom is -0.387 e. The lowest BCUT2D eigenvalue weighted by atomic mass is 9.71. The van der Waals surface area contributed by atoms with Crippen LogP contribution in [0.15, 0.2) is 24.3 Å². The second-order valence-corrected chi connectivity index (χ2v) is 6.88. The number of hydrogen-bond acceptors (Lipinski definition) is 2. The quantitative estimate of drug-likeness (QED) is 0.861. The van der Waals surface area contributed by atoms with Crippen LogP contribution in [0.4, 0.5) is 0 Å². The van der Waals surface area contributed by atoms with Crippen molar-refractivity contribution in [2.45, 2.75) is 69.8 Å². The van der Waals surface area contributed by atoms with E-state index >= 15 is 0 Å². The number of nitrogens with zero attached hydrogens (tertiary/aromatic N) is 1. The van der Waals surface area contributed by atoms with Gasteiger partial charge in [0, 0.05) is 0 Å². The van der Waals surface area contributed by atoms with Crippen molar-refractivity contribution in [3.63, 3.8) is 0 Å². The highest BCUT2D eigenvalue weighted by Gasteiger charge is 2.39. The first-order valence-corrected chi connectivity index (χ1v) is 8.44. The van der Waals surface area contributed by atoms with Crippen LogP contribution >= 0.6 is 0 Å². The molecule has 2 aliphatic carbocycles. The Balaban J connectivity index is 1.79. The molecule has 3 rings (SSSR count). The predicted octanol–water partition coefficient (Wildman–Crippen LogP) is 4.85. The van der Waals surface area contributed by atoms with E-state index in [9.17, 15) is 10.4 Å². The lowest BCUT2D eigenvalue weighted by molar-refractivity contribution is 0.0434. The Morgan fingerprint density at radius 3 is 2.10 bits per heavy atom. The fourth-order valence-electron chi connectivity index (χ4n) is 3.67. The van der Waals surface area contributed by atoms with Crippen molar-refractivity contribution in [3.8, 4) is 6.07 Å². The molecule has 0 saturated heterocycles. The van der Waals surface area contributed by atoms with Gasteiger partial charge in [-0.3, -0.25) is 0 Å². The maximum Gasteiger partial charge on any atom is 0.0976 e. The monoisotopic (exact) mass is 283 g/mol. The average molecular weight is 283 g/mol. The maximum atomic E-state index is 10.8. The SMILES string of the molecule is N#CC1(C(O)c2ccc(C3CC3)cc2)CCCCCCC1. The van der Waals surface area contributed by atoms with Gasteiger partial charge in [0.2, 0.25) is 0 Å². The minimum atomic E-state index is -0.645. The van der Waals surface area contributed by atoms with Gasteiger partial charge in [0.1, 0.15) is 0 Å².